The number of amides is 2. The van der Waals surface area contributed by atoms with Gasteiger partial charge in [0.25, 0.3) is 11.1 Å². The quantitative estimate of drug-likeness (QED) is 0.785. The van der Waals surface area contributed by atoms with E-state index in [1.54, 1.807) is 42.5 Å². The van der Waals surface area contributed by atoms with Crippen molar-refractivity contribution < 1.29 is 19.4 Å². The summed E-state index contributed by atoms with van der Waals surface area (Å²) in [5.41, 5.74) is 0.813. The molecule has 7 heteroatoms. The third-order valence-corrected chi connectivity index (χ3v) is 4.58. The number of phenols is 1. The van der Waals surface area contributed by atoms with E-state index in [2.05, 4.69) is 0 Å². The number of hydrogen-bond donors (Lipinski definition) is 1. The van der Waals surface area contributed by atoms with Crippen LogP contribution in [0.2, 0.25) is 5.02 Å². The van der Waals surface area contributed by atoms with Crippen molar-refractivity contribution in [1.29, 1.82) is 0 Å². The van der Waals surface area contributed by atoms with Gasteiger partial charge in [0.2, 0.25) is 0 Å². The van der Waals surface area contributed by atoms with Gasteiger partial charge in [0, 0.05) is 10.6 Å². The first kappa shape index (κ1) is 17.4. The Morgan fingerprint density at radius 3 is 2.72 bits per heavy atom. The number of benzene rings is 2. The van der Waals surface area contributed by atoms with E-state index in [0.717, 1.165) is 16.7 Å². The standard InChI is InChI=1S/C18H14ClNO4S/c1-2-24-14-8-3-5-11(16(14)21)9-15-17(22)20(18(23)25-15)13-7-4-6-12(19)10-13/h3-10,21H,2H2,1H3/b15-9+. The Labute approximate surface area is 153 Å². The molecule has 1 heterocycles. The number of anilines is 1. The molecule has 1 aliphatic heterocycles. The molecule has 2 amide bonds. The Morgan fingerprint density at radius 2 is 2.00 bits per heavy atom. The molecule has 2 aromatic rings. The first-order valence-corrected chi connectivity index (χ1v) is 8.69. The molecule has 5 nitrogen and oxygen atoms in total. The highest BCUT2D eigenvalue weighted by molar-refractivity contribution is 8.19. The maximum absolute atomic E-state index is 12.6. The van der Waals surface area contributed by atoms with E-state index in [1.165, 1.54) is 6.08 Å². The Morgan fingerprint density at radius 1 is 1.24 bits per heavy atom. The third-order valence-electron chi connectivity index (χ3n) is 3.48. The van der Waals surface area contributed by atoms with Crippen molar-refractivity contribution in [2.45, 2.75) is 6.92 Å². The summed E-state index contributed by atoms with van der Waals surface area (Å²) in [6.07, 6.45) is 1.48. The fourth-order valence-electron chi connectivity index (χ4n) is 2.37. The summed E-state index contributed by atoms with van der Waals surface area (Å²) in [6.45, 7) is 2.21. The van der Waals surface area contributed by atoms with Crippen molar-refractivity contribution in [2.75, 3.05) is 11.5 Å². The van der Waals surface area contributed by atoms with Crippen molar-refractivity contribution >= 4 is 46.3 Å². The number of aromatic hydroxyl groups is 1. The number of rotatable bonds is 4. The van der Waals surface area contributed by atoms with Crippen LogP contribution in [0, 0.1) is 0 Å². The molecule has 3 rings (SSSR count). The van der Waals surface area contributed by atoms with E-state index in [0.29, 0.717) is 28.6 Å². The molecule has 0 unspecified atom stereocenters. The molecular weight excluding hydrogens is 362 g/mol. The molecule has 0 radical (unpaired) electrons. The van der Waals surface area contributed by atoms with E-state index in [9.17, 15) is 14.7 Å². The van der Waals surface area contributed by atoms with Gasteiger partial charge in [-0.2, -0.15) is 0 Å². The average molecular weight is 376 g/mol. The topological polar surface area (TPSA) is 66.8 Å². The van der Waals surface area contributed by atoms with Crippen molar-refractivity contribution in [2.24, 2.45) is 0 Å². The molecule has 1 N–H and O–H groups in total. The molecule has 0 bridgehead atoms. The van der Waals surface area contributed by atoms with Gasteiger partial charge in [-0.05, 0) is 49.0 Å². The second kappa shape index (κ2) is 7.21. The summed E-state index contributed by atoms with van der Waals surface area (Å²) in [4.78, 5) is 26.1. The number of thioether (sulfide) groups is 1. The Hall–Kier alpha value is -2.44. The number of halogens is 1. The van der Waals surface area contributed by atoms with E-state index in [4.69, 9.17) is 16.3 Å². The normalized spacial score (nSPS) is 15.9. The van der Waals surface area contributed by atoms with Crippen LogP contribution in [0.4, 0.5) is 10.5 Å². The van der Waals surface area contributed by atoms with Gasteiger partial charge in [0.1, 0.15) is 0 Å². The van der Waals surface area contributed by atoms with Gasteiger partial charge in [-0.1, -0.05) is 29.8 Å². The summed E-state index contributed by atoms with van der Waals surface area (Å²) < 4.78 is 5.33. The van der Waals surface area contributed by atoms with Crippen molar-refractivity contribution in [3.8, 4) is 11.5 Å². The number of carbonyl (C=O) groups is 2. The lowest BCUT2D eigenvalue weighted by molar-refractivity contribution is -0.113. The third kappa shape index (κ3) is 3.50. The highest BCUT2D eigenvalue weighted by atomic mass is 35.5. The van der Waals surface area contributed by atoms with Gasteiger partial charge in [0.05, 0.1) is 17.2 Å². The molecule has 2 aromatic carbocycles. The van der Waals surface area contributed by atoms with Crippen LogP contribution in [-0.4, -0.2) is 22.9 Å². The van der Waals surface area contributed by atoms with Crippen LogP contribution in [0.5, 0.6) is 11.5 Å². The lowest BCUT2D eigenvalue weighted by atomic mass is 10.1. The summed E-state index contributed by atoms with van der Waals surface area (Å²) in [5.74, 6) is -0.206. The van der Waals surface area contributed by atoms with Crippen molar-refractivity contribution in [3.05, 3.63) is 58.0 Å². The van der Waals surface area contributed by atoms with E-state index in [1.807, 2.05) is 6.92 Å². The largest absolute Gasteiger partial charge is 0.504 e. The van der Waals surface area contributed by atoms with Crippen LogP contribution in [0.25, 0.3) is 6.08 Å². The summed E-state index contributed by atoms with van der Waals surface area (Å²) in [6, 6.07) is 11.5. The van der Waals surface area contributed by atoms with Crippen LogP contribution in [0.15, 0.2) is 47.4 Å². The SMILES string of the molecule is CCOc1cccc(/C=C2/SC(=O)N(c3cccc(Cl)c3)C2=O)c1O. The number of nitrogens with zero attached hydrogens (tertiary/aromatic N) is 1. The van der Waals surface area contributed by atoms with E-state index < -0.39 is 11.1 Å². The van der Waals surface area contributed by atoms with Crippen LogP contribution >= 0.6 is 23.4 Å². The first-order chi connectivity index (χ1) is 12.0. The smallest absolute Gasteiger partial charge is 0.298 e. The summed E-state index contributed by atoms with van der Waals surface area (Å²) in [7, 11) is 0. The molecule has 0 aromatic heterocycles. The second-order valence-corrected chi connectivity index (χ2v) is 6.55. The second-order valence-electron chi connectivity index (χ2n) is 5.12. The lowest BCUT2D eigenvalue weighted by Crippen LogP contribution is -2.27. The van der Waals surface area contributed by atoms with Gasteiger partial charge in [-0.3, -0.25) is 9.59 Å². The molecule has 1 aliphatic rings. The fourth-order valence-corrected chi connectivity index (χ4v) is 3.39. The predicted octanol–water partition coefficient (Wildman–Crippen LogP) is 4.69. The maximum Gasteiger partial charge on any atom is 0.298 e. The molecule has 1 saturated heterocycles. The number of imide groups is 1. The zero-order chi connectivity index (χ0) is 18.0. The zero-order valence-corrected chi connectivity index (χ0v) is 14.8. The number of hydrogen-bond acceptors (Lipinski definition) is 5. The van der Waals surface area contributed by atoms with Gasteiger partial charge in [0.15, 0.2) is 11.5 Å². The van der Waals surface area contributed by atoms with Crippen LogP contribution in [-0.2, 0) is 4.79 Å². The van der Waals surface area contributed by atoms with Gasteiger partial charge >= 0.3 is 0 Å². The van der Waals surface area contributed by atoms with Gasteiger partial charge < -0.3 is 9.84 Å². The van der Waals surface area contributed by atoms with Gasteiger partial charge in [-0.25, -0.2) is 4.90 Å². The molecule has 128 valence electrons. The molecule has 25 heavy (non-hydrogen) atoms. The number of ether oxygens (including phenoxy) is 1. The van der Waals surface area contributed by atoms with E-state index in [-0.39, 0.29) is 10.7 Å². The molecule has 0 spiro atoms. The van der Waals surface area contributed by atoms with Crippen molar-refractivity contribution in [1.82, 2.24) is 0 Å². The minimum absolute atomic E-state index is 0.0705. The number of carbonyl (C=O) groups excluding carboxylic acids is 2. The van der Waals surface area contributed by atoms with E-state index >= 15 is 0 Å². The molecular formula is C18H14ClNO4S. The Balaban J connectivity index is 1.95. The lowest BCUT2D eigenvalue weighted by Gasteiger charge is -2.12. The van der Waals surface area contributed by atoms with Gasteiger partial charge in [-0.15, -0.1) is 0 Å². The molecule has 0 saturated carbocycles. The number of para-hydroxylation sites is 1. The predicted molar refractivity (Wildman–Crippen MR) is 99.2 cm³/mol. The average Bonchev–Trinajstić information content (AvgIpc) is 2.85. The summed E-state index contributed by atoms with van der Waals surface area (Å²) in [5, 5.41) is 10.3. The fraction of sp³-hybridized carbons (Fsp3) is 0.111. The first-order valence-electron chi connectivity index (χ1n) is 7.49. The monoisotopic (exact) mass is 375 g/mol. The number of phenolic OH excluding ortho intramolecular Hbond substituents is 1. The van der Waals surface area contributed by atoms with Crippen LogP contribution in [0.3, 0.4) is 0 Å². The highest BCUT2D eigenvalue weighted by Crippen LogP contribution is 2.38. The van der Waals surface area contributed by atoms with Crippen LogP contribution in [0.1, 0.15) is 12.5 Å². The van der Waals surface area contributed by atoms with Crippen LogP contribution < -0.4 is 9.64 Å². The molecule has 0 aliphatic carbocycles. The highest BCUT2D eigenvalue weighted by Gasteiger charge is 2.36. The molecule has 0 atom stereocenters. The maximum atomic E-state index is 12.6. The minimum atomic E-state index is -0.460. The zero-order valence-electron chi connectivity index (χ0n) is 13.2. The Bertz CT molecular complexity index is 881. The molecule has 1 fully saturated rings. The summed E-state index contributed by atoms with van der Waals surface area (Å²) >= 11 is 6.74. The minimum Gasteiger partial charge on any atom is -0.504 e. The Kier molecular flexibility index (Phi) is 5.01. The van der Waals surface area contributed by atoms with Crippen molar-refractivity contribution in [3.63, 3.8) is 0 Å².